The van der Waals surface area contributed by atoms with Crippen LogP contribution in [0, 0.1) is 11.3 Å². The van der Waals surface area contributed by atoms with Gasteiger partial charge in [-0.05, 0) is 167 Å². The van der Waals surface area contributed by atoms with Crippen molar-refractivity contribution in [3.63, 3.8) is 0 Å². The van der Waals surface area contributed by atoms with Crippen LogP contribution < -0.4 is 86.4 Å². The number of nitrogens with zero attached hydrogens (tertiary/aromatic N) is 30. The number of fused-ring (bicyclic) bond motifs is 8. The van der Waals surface area contributed by atoms with Gasteiger partial charge in [0.15, 0.2) is 34.9 Å². The Bertz CT molecular complexity index is 6740. The molecule has 16 aromatic rings. The van der Waals surface area contributed by atoms with Crippen molar-refractivity contribution < 1.29 is 16.8 Å². The van der Waals surface area contributed by atoms with Gasteiger partial charge in [0.05, 0.1) is 55.8 Å². The number of rotatable bonds is 20. The molecular weight excluding hydrogens is 1690 g/mol. The monoisotopic (exact) mass is 1810 g/mol. The fourth-order valence-electron chi connectivity index (χ4n) is 13.5. The lowest BCUT2D eigenvalue weighted by atomic mass is 10.2. The summed E-state index contributed by atoms with van der Waals surface area (Å²) in [7, 11) is -1.84. The van der Waals surface area contributed by atoms with Crippen LogP contribution in [0.3, 0.4) is 0 Å². The molecule has 0 aliphatic rings. The van der Waals surface area contributed by atoms with Gasteiger partial charge in [0.2, 0.25) is 37.9 Å². The number of anilines is 10. The first-order valence-electron chi connectivity index (χ1n) is 41.4. The summed E-state index contributed by atoms with van der Waals surface area (Å²) in [4.78, 5) is 71.1. The van der Waals surface area contributed by atoms with Crippen LogP contribution in [0.4, 0.5) is 58.6 Å². The number of nitrogens with one attached hydrogen (secondary N) is 3. The van der Waals surface area contributed by atoms with Crippen molar-refractivity contribution in [2.24, 2.45) is 23.4 Å². The minimum absolute atomic E-state index is 0.00543. The highest BCUT2D eigenvalue weighted by atomic mass is 32.2. The van der Waals surface area contributed by atoms with Crippen molar-refractivity contribution in [1.82, 2.24) is 126 Å². The van der Waals surface area contributed by atoms with Gasteiger partial charge in [-0.15, -0.1) is 9.66 Å². The molecule has 16 aromatic heterocycles. The van der Waals surface area contributed by atoms with E-state index in [0.29, 0.717) is 82.7 Å². The normalized spacial score (nSPS) is 11.5. The second-order valence-corrected chi connectivity index (χ2v) is 35.6. The zero-order chi connectivity index (χ0) is 95.1. The van der Waals surface area contributed by atoms with Crippen LogP contribution in [0.5, 0.6) is 0 Å². The molecule has 0 atom stereocenters. The van der Waals surface area contributed by atoms with Crippen molar-refractivity contribution >= 4 is 167 Å². The molecule has 47 heteroatoms. The van der Waals surface area contributed by atoms with Crippen LogP contribution in [0.2, 0.25) is 0 Å². The molecule has 19 N–H and O–H groups in total. The summed E-state index contributed by atoms with van der Waals surface area (Å²) >= 11 is 0. The second kappa shape index (κ2) is 42.6. The number of nitrogens with two attached hydrogens (primary N) is 8. The second-order valence-electron chi connectivity index (χ2n) is 32.1. The number of hydrogen-bond acceptors (Lipinski definition) is 35. The summed E-state index contributed by atoms with van der Waals surface area (Å²) in [6, 6.07) is 18.4. The molecule has 0 aliphatic carbocycles. The maximum absolute atomic E-state index is 11.4. The summed E-state index contributed by atoms with van der Waals surface area (Å²) in [6.45, 7) is 38.7. The molecule has 0 saturated carbocycles. The van der Waals surface area contributed by atoms with Crippen LogP contribution in [0.15, 0.2) is 130 Å². The molecule has 0 aromatic carbocycles. The Hall–Kier alpha value is -13.9. The molecule has 0 fully saturated rings. The van der Waals surface area contributed by atoms with E-state index in [1.165, 1.54) is 34.7 Å². The van der Waals surface area contributed by atoms with Crippen LogP contribution in [-0.4, -0.2) is 180 Å². The van der Waals surface area contributed by atoms with Crippen molar-refractivity contribution in [2.45, 2.75) is 173 Å². The number of nitrogen functional groups attached to an aromatic ring is 4. The van der Waals surface area contributed by atoms with E-state index in [1.807, 2.05) is 143 Å². The average molecular weight is 1810 g/mol. The molecule has 16 heterocycles. The molecule has 0 unspecified atom stereocenters. The Kier molecular flexibility index (Phi) is 32.7. The number of hydrazine groups is 6. The zero-order valence-corrected chi connectivity index (χ0v) is 78.8. The van der Waals surface area contributed by atoms with Gasteiger partial charge >= 0.3 is 0 Å². The Morgan fingerprint density at radius 1 is 0.388 bits per heavy atom. The van der Waals surface area contributed by atoms with E-state index in [0.717, 1.165) is 108 Å². The maximum atomic E-state index is 11.4. The van der Waals surface area contributed by atoms with Crippen LogP contribution in [-0.2, 0) is 20.0 Å². The molecule has 0 aliphatic heterocycles. The summed E-state index contributed by atoms with van der Waals surface area (Å²) in [5.41, 5.74) is 32.4. The minimum atomic E-state index is -3.50. The molecule has 45 nitrogen and oxygen atoms in total. The molecule has 690 valence electrons. The first-order valence-corrected chi connectivity index (χ1v) is 45.2. The van der Waals surface area contributed by atoms with E-state index >= 15 is 0 Å². The van der Waals surface area contributed by atoms with Crippen molar-refractivity contribution in [3.05, 3.63) is 135 Å². The lowest BCUT2D eigenvalue weighted by Crippen LogP contribution is -2.39. The van der Waals surface area contributed by atoms with E-state index in [9.17, 15) is 22.1 Å². The van der Waals surface area contributed by atoms with Crippen LogP contribution in [0.25, 0.3) is 88.3 Å². The van der Waals surface area contributed by atoms with Gasteiger partial charge in [0, 0.05) is 144 Å². The largest absolute Gasteiger partial charge is 0.383 e. The quantitative estimate of drug-likeness (QED) is 0.0249. The van der Waals surface area contributed by atoms with E-state index < -0.39 is 20.0 Å². The Morgan fingerprint density at radius 3 is 1.18 bits per heavy atom. The lowest BCUT2D eigenvalue weighted by Gasteiger charge is -2.19. The third kappa shape index (κ3) is 23.9. The van der Waals surface area contributed by atoms with E-state index in [2.05, 4.69) is 207 Å². The SMILES string of the molecule is CC(C)n1cc(C#N)c2c(N(C)NS(C)(=O)=O)nc(N)nc21.CC(C)n1ccc2c(N(C)N)nc(N)nc21.CC(C)n1ccc2c(N(C)N)ncnc21.CC(C)n1ccc2c(N)ncnc21.CC(C)n1ccc2c(NNS(C)(=O)=O)ncnc21.CC(C)n1ccc2cncnc21.CCN(N)c1nc(N)nc2c1ccn2C(C)C.CCN(N)c1ncnc2c1ccn2C(C)C. The fourth-order valence-corrected chi connectivity index (χ4v) is 14.3. The van der Waals surface area contributed by atoms with Gasteiger partial charge in [-0.2, -0.15) is 35.2 Å². The third-order valence-electron chi connectivity index (χ3n) is 19.7. The Labute approximate surface area is 749 Å². The molecule has 16 rings (SSSR count). The van der Waals surface area contributed by atoms with Crippen LogP contribution in [0.1, 0.15) is 179 Å². The Morgan fingerprint density at radius 2 is 0.736 bits per heavy atom. The summed E-state index contributed by atoms with van der Waals surface area (Å²) in [6.07, 6.45) is 27.1. The molecule has 0 radical (unpaired) electrons. The van der Waals surface area contributed by atoms with Gasteiger partial charge in [-0.3, -0.25) is 30.5 Å². The summed E-state index contributed by atoms with van der Waals surface area (Å²) < 4.78 is 61.2. The first kappa shape index (κ1) is 98.9. The number of aromatic nitrogens is 24. The predicted octanol–water partition coefficient (Wildman–Crippen LogP) is 10.1. The first-order chi connectivity index (χ1) is 60.8. The highest BCUT2D eigenvalue weighted by Crippen LogP contribution is 2.34. The van der Waals surface area contributed by atoms with Crippen molar-refractivity contribution in [3.8, 4) is 6.07 Å². The smallest absolute Gasteiger partial charge is 0.225 e. The standard InChI is InChI=1S/C12H17N7O2S.C11H18N6.C11H17N5.C10H16N6.C10H15N5O2S.C10H15N5.C9H12N4.C9H11N3/c1-7(2)19-6-8(5-13)9-10(15-12(14)16-11(9)19)18(3)17-22(4,20)21;1-4-17(13)10-8-5-6-16(7(2)3)9(8)14-11(12)15-10;1-4-16(12)11-9-5-6-15(8(2)3)10(9)13-7-14-11;1-6(2)16-5-4-7-8(15(3)12)13-10(11)14-9(7)16;1-7(2)15-5-4-8-9(11-6-12-10(8)15)13-14-18(3,16)17;1-7(2)15-5-4-8-9(14(3)11)12-6-13-10(8)15;1-6(2)13-4-3-7-8(10)11-5-12-9(7)13;1-7(2)12-4-3-8-5-10-6-11-9(8)12/h6-7,17H,1-4H3,(H2,14,15,16);5-7H,4,13H2,1-3H3,(H2,12,14,15);5-8H,4,12H2,1-3H3;4-6H,12H2,1-3H3,(H2,11,13,14);4-7,14H,1-3H3,(H,11,12,13);4-7H,11H2,1-3H3;3-6H,1-2H3,(H2,10,11,12);3-7H,1-2H3. The number of sulfonamides is 2. The number of nitriles is 1. The summed E-state index contributed by atoms with van der Waals surface area (Å²) in [5, 5.41) is 23.8. The van der Waals surface area contributed by atoms with E-state index in [4.69, 9.17) is 46.3 Å². The van der Waals surface area contributed by atoms with Crippen molar-refractivity contribution in [2.75, 3.05) is 100 Å². The van der Waals surface area contributed by atoms with Gasteiger partial charge < -0.3 is 59.5 Å². The van der Waals surface area contributed by atoms with E-state index in [-0.39, 0.29) is 35.7 Å². The topological polar surface area (TPSA) is 598 Å². The molecule has 0 spiro atoms. The van der Waals surface area contributed by atoms with Gasteiger partial charge in [0.25, 0.3) is 0 Å². The van der Waals surface area contributed by atoms with Crippen molar-refractivity contribution in [1.29, 1.82) is 5.26 Å². The lowest BCUT2D eigenvalue weighted by molar-refractivity contribution is 0.585. The maximum Gasteiger partial charge on any atom is 0.225 e. The van der Waals surface area contributed by atoms with Gasteiger partial charge in [-0.1, -0.05) is 0 Å². The minimum Gasteiger partial charge on any atom is -0.383 e. The van der Waals surface area contributed by atoms with Gasteiger partial charge in [-0.25, -0.2) is 90.0 Å². The molecule has 129 heavy (non-hydrogen) atoms. The fraction of sp³-hybridized carbons (Fsp3) is 0.402. The zero-order valence-electron chi connectivity index (χ0n) is 77.1. The van der Waals surface area contributed by atoms with E-state index in [1.54, 1.807) is 53.9 Å². The van der Waals surface area contributed by atoms with Gasteiger partial charge in [0.1, 0.15) is 88.7 Å². The highest BCUT2D eigenvalue weighted by molar-refractivity contribution is 7.89. The summed E-state index contributed by atoms with van der Waals surface area (Å²) in [5.74, 6) is 27.7. The molecule has 0 saturated heterocycles. The van der Waals surface area contributed by atoms with Crippen LogP contribution >= 0.6 is 0 Å². The number of hydrogen-bond donors (Lipinski definition) is 11. The Balaban J connectivity index is 0.000000167. The molecule has 0 amide bonds. The molecular formula is C82H121N41O4S2. The third-order valence-corrected chi connectivity index (χ3v) is 20.7. The average Bonchev–Trinajstić information content (AvgIpc) is 1.61. The molecule has 0 bridgehead atoms. The predicted molar refractivity (Wildman–Crippen MR) is 513 cm³/mol. The highest BCUT2D eigenvalue weighted by Gasteiger charge is 2.24.